The van der Waals surface area contributed by atoms with Crippen molar-refractivity contribution in [2.24, 2.45) is 0 Å². The number of ketones is 2. The Morgan fingerprint density at radius 1 is 0.903 bits per heavy atom. The molecule has 6 heteroatoms. The maximum atomic E-state index is 13.2. The highest BCUT2D eigenvalue weighted by Crippen LogP contribution is 2.26. The number of benzene rings is 2. The molecule has 0 atom stereocenters. The van der Waals surface area contributed by atoms with Gasteiger partial charge in [0.2, 0.25) is 0 Å². The molecule has 2 aromatic rings. The van der Waals surface area contributed by atoms with Crippen molar-refractivity contribution in [1.29, 1.82) is 0 Å². The monoisotopic (exact) mass is 424 g/mol. The standard InChI is InChI=1S/C25H28O6/c1-3-5-6-7-8-13-22(27)18-14-15-23(31-25(29)30-4-2)21(16-18)24(28)20-12-10-9-11-19(20)17-26/h9-12,14-17H,3-8,13H2,1-2H3. The summed E-state index contributed by atoms with van der Waals surface area (Å²) < 4.78 is 9.98. The van der Waals surface area contributed by atoms with Crippen LogP contribution in [0.1, 0.15) is 89.0 Å². The first kappa shape index (κ1) is 24.0. The molecule has 0 saturated carbocycles. The summed E-state index contributed by atoms with van der Waals surface area (Å²) in [5.41, 5.74) is 0.760. The average molecular weight is 424 g/mol. The molecule has 0 aromatic heterocycles. The molecule has 0 aliphatic heterocycles. The summed E-state index contributed by atoms with van der Waals surface area (Å²) in [6.07, 6.45) is 5.12. The van der Waals surface area contributed by atoms with Gasteiger partial charge in [0.15, 0.2) is 17.9 Å². The van der Waals surface area contributed by atoms with Crippen molar-refractivity contribution in [2.75, 3.05) is 6.61 Å². The minimum Gasteiger partial charge on any atom is -0.434 e. The molecule has 0 heterocycles. The summed E-state index contributed by atoms with van der Waals surface area (Å²) >= 11 is 0. The number of aldehydes is 1. The molecule has 0 radical (unpaired) electrons. The fraction of sp³-hybridized carbons (Fsp3) is 0.360. The number of ether oxygens (including phenoxy) is 2. The molecule has 0 N–H and O–H groups in total. The summed E-state index contributed by atoms with van der Waals surface area (Å²) in [4.78, 5) is 49.0. The molecule has 0 saturated heterocycles. The lowest BCUT2D eigenvalue weighted by Crippen LogP contribution is -2.15. The summed E-state index contributed by atoms with van der Waals surface area (Å²) in [5, 5.41) is 0. The first-order valence-corrected chi connectivity index (χ1v) is 10.6. The Bertz CT molecular complexity index is 931. The summed E-state index contributed by atoms with van der Waals surface area (Å²) in [5.74, 6) is -0.625. The molecule has 164 valence electrons. The van der Waals surface area contributed by atoms with Gasteiger partial charge in [-0.25, -0.2) is 4.79 Å². The first-order valence-electron chi connectivity index (χ1n) is 10.6. The van der Waals surface area contributed by atoms with Crippen molar-refractivity contribution in [3.63, 3.8) is 0 Å². The Morgan fingerprint density at radius 2 is 1.65 bits per heavy atom. The second-order valence-electron chi connectivity index (χ2n) is 7.12. The molecule has 6 nitrogen and oxygen atoms in total. The zero-order valence-electron chi connectivity index (χ0n) is 18.0. The maximum Gasteiger partial charge on any atom is 0.513 e. The van der Waals surface area contributed by atoms with Crippen molar-refractivity contribution in [2.45, 2.75) is 52.4 Å². The number of unbranched alkanes of at least 4 members (excludes halogenated alkanes) is 4. The van der Waals surface area contributed by atoms with Gasteiger partial charge in [-0.3, -0.25) is 14.4 Å². The Kier molecular flexibility index (Phi) is 9.62. The van der Waals surface area contributed by atoms with Crippen molar-refractivity contribution in [3.05, 3.63) is 64.7 Å². The molecule has 0 bridgehead atoms. The SMILES string of the molecule is CCCCCCCC(=O)c1ccc(OC(=O)OCC)c(C(=O)c2ccccc2C=O)c1. The molecular formula is C25H28O6. The molecule has 0 amide bonds. The fourth-order valence-electron chi connectivity index (χ4n) is 3.19. The maximum absolute atomic E-state index is 13.2. The Hall–Kier alpha value is -3.28. The van der Waals surface area contributed by atoms with Gasteiger partial charge in [0, 0.05) is 23.1 Å². The lowest BCUT2D eigenvalue weighted by molar-refractivity contribution is 0.0978. The fourth-order valence-corrected chi connectivity index (χ4v) is 3.19. The van der Waals surface area contributed by atoms with Gasteiger partial charge in [-0.2, -0.15) is 0 Å². The van der Waals surface area contributed by atoms with Crippen molar-refractivity contribution >= 4 is 24.0 Å². The Morgan fingerprint density at radius 3 is 2.35 bits per heavy atom. The molecule has 2 rings (SSSR count). The lowest BCUT2D eigenvalue weighted by atomic mass is 9.95. The van der Waals surface area contributed by atoms with Crippen molar-refractivity contribution < 1.29 is 28.7 Å². The van der Waals surface area contributed by atoms with Gasteiger partial charge in [-0.15, -0.1) is 0 Å². The van der Waals surface area contributed by atoms with Crippen LogP contribution < -0.4 is 4.74 Å². The minimum absolute atomic E-state index is 0.0244. The topological polar surface area (TPSA) is 86.7 Å². The number of hydrogen-bond acceptors (Lipinski definition) is 6. The zero-order valence-corrected chi connectivity index (χ0v) is 18.0. The van der Waals surface area contributed by atoms with Gasteiger partial charge in [-0.1, -0.05) is 56.9 Å². The van der Waals surface area contributed by atoms with Crippen LogP contribution in [-0.4, -0.2) is 30.6 Å². The van der Waals surface area contributed by atoms with E-state index in [4.69, 9.17) is 9.47 Å². The largest absolute Gasteiger partial charge is 0.513 e. The molecule has 0 aliphatic carbocycles. The van der Waals surface area contributed by atoms with E-state index in [0.29, 0.717) is 18.3 Å². The van der Waals surface area contributed by atoms with Crippen LogP contribution in [0.15, 0.2) is 42.5 Å². The number of hydrogen-bond donors (Lipinski definition) is 0. The summed E-state index contributed by atoms with van der Waals surface area (Å²) in [7, 11) is 0. The normalized spacial score (nSPS) is 10.4. The lowest BCUT2D eigenvalue weighted by Gasteiger charge is -2.12. The zero-order chi connectivity index (χ0) is 22.6. The van der Waals surface area contributed by atoms with E-state index in [-0.39, 0.29) is 34.8 Å². The van der Waals surface area contributed by atoms with E-state index < -0.39 is 11.9 Å². The first-order chi connectivity index (χ1) is 15.0. The van der Waals surface area contributed by atoms with Crippen LogP contribution >= 0.6 is 0 Å². The second kappa shape index (κ2) is 12.4. The van der Waals surface area contributed by atoms with E-state index in [9.17, 15) is 19.2 Å². The molecule has 0 spiro atoms. The van der Waals surface area contributed by atoms with Crippen LogP contribution in [0.4, 0.5) is 4.79 Å². The van der Waals surface area contributed by atoms with E-state index >= 15 is 0 Å². The number of Topliss-reactive ketones (excluding diaryl/α,β-unsaturated/α-hetero) is 1. The van der Waals surface area contributed by atoms with E-state index in [1.807, 2.05) is 0 Å². The molecule has 0 aliphatic rings. The second-order valence-corrected chi connectivity index (χ2v) is 7.12. The number of rotatable bonds is 12. The molecule has 2 aromatic carbocycles. The summed E-state index contributed by atoms with van der Waals surface area (Å²) in [6, 6.07) is 10.7. The van der Waals surface area contributed by atoms with Crippen molar-refractivity contribution in [1.82, 2.24) is 0 Å². The van der Waals surface area contributed by atoms with E-state index in [0.717, 1.165) is 32.1 Å². The third-order valence-corrected chi connectivity index (χ3v) is 4.84. The highest BCUT2D eigenvalue weighted by molar-refractivity contribution is 6.15. The van der Waals surface area contributed by atoms with Crippen LogP contribution in [0.3, 0.4) is 0 Å². The molecule has 0 fully saturated rings. The molecule has 0 unspecified atom stereocenters. The number of carbonyl (C=O) groups excluding carboxylic acids is 4. The quantitative estimate of drug-likeness (QED) is 0.140. The van der Waals surface area contributed by atoms with Crippen molar-refractivity contribution in [3.8, 4) is 5.75 Å². The van der Waals surface area contributed by atoms with Gasteiger partial charge < -0.3 is 9.47 Å². The smallest absolute Gasteiger partial charge is 0.434 e. The van der Waals surface area contributed by atoms with Crippen LogP contribution in [0.25, 0.3) is 0 Å². The Labute approximate surface area is 182 Å². The highest BCUT2D eigenvalue weighted by Gasteiger charge is 2.22. The van der Waals surface area contributed by atoms with Gasteiger partial charge in [-0.05, 0) is 31.5 Å². The van der Waals surface area contributed by atoms with E-state index in [2.05, 4.69) is 6.92 Å². The molecule has 31 heavy (non-hydrogen) atoms. The average Bonchev–Trinajstić information content (AvgIpc) is 2.78. The van der Waals surface area contributed by atoms with E-state index in [1.54, 1.807) is 19.1 Å². The van der Waals surface area contributed by atoms with Gasteiger partial charge in [0.25, 0.3) is 0 Å². The van der Waals surface area contributed by atoms with Crippen LogP contribution in [0, 0.1) is 0 Å². The third-order valence-electron chi connectivity index (χ3n) is 4.84. The summed E-state index contributed by atoms with van der Waals surface area (Å²) in [6.45, 7) is 3.88. The highest BCUT2D eigenvalue weighted by atomic mass is 16.7. The predicted molar refractivity (Wildman–Crippen MR) is 117 cm³/mol. The van der Waals surface area contributed by atoms with Crippen LogP contribution in [-0.2, 0) is 4.74 Å². The third kappa shape index (κ3) is 6.88. The van der Waals surface area contributed by atoms with Gasteiger partial charge in [0.1, 0.15) is 5.75 Å². The van der Waals surface area contributed by atoms with Crippen LogP contribution in [0.2, 0.25) is 0 Å². The minimum atomic E-state index is -0.949. The Balaban J connectivity index is 2.33. The predicted octanol–water partition coefficient (Wildman–Crippen LogP) is 5.81. The van der Waals surface area contributed by atoms with E-state index in [1.165, 1.54) is 30.3 Å². The van der Waals surface area contributed by atoms with Gasteiger partial charge >= 0.3 is 6.16 Å². The number of carbonyl (C=O) groups is 4. The van der Waals surface area contributed by atoms with Crippen LogP contribution in [0.5, 0.6) is 5.75 Å². The molecular weight excluding hydrogens is 396 g/mol. The van der Waals surface area contributed by atoms with Gasteiger partial charge in [0.05, 0.1) is 12.2 Å².